The highest BCUT2D eigenvalue weighted by atomic mass is 35.5. The molecule has 3 heterocycles. The van der Waals surface area contributed by atoms with Gasteiger partial charge in [0.2, 0.25) is 0 Å². The minimum atomic E-state index is -0.912. The lowest BCUT2D eigenvalue weighted by Gasteiger charge is -2.05. The summed E-state index contributed by atoms with van der Waals surface area (Å²) in [6, 6.07) is 7.23. The van der Waals surface area contributed by atoms with Crippen molar-refractivity contribution in [2.75, 3.05) is 0 Å². The fraction of sp³-hybridized carbons (Fsp3) is 0.176. The summed E-state index contributed by atoms with van der Waals surface area (Å²) in [7, 11) is 0. The van der Waals surface area contributed by atoms with E-state index in [0.717, 1.165) is 11.1 Å². The predicted molar refractivity (Wildman–Crippen MR) is 97.7 cm³/mol. The molecule has 10 heteroatoms. The molecule has 9 nitrogen and oxygen atoms in total. The van der Waals surface area contributed by atoms with E-state index in [1.807, 2.05) is 12.1 Å². The summed E-state index contributed by atoms with van der Waals surface area (Å²) < 4.78 is 2.80. The molecule has 0 radical (unpaired) electrons. The molecule has 0 bridgehead atoms. The van der Waals surface area contributed by atoms with E-state index < -0.39 is 5.97 Å². The summed E-state index contributed by atoms with van der Waals surface area (Å²) in [6.07, 6.45) is 3.30. The van der Waals surface area contributed by atoms with Gasteiger partial charge in [-0.25, -0.2) is 4.98 Å². The van der Waals surface area contributed by atoms with Crippen molar-refractivity contribution in [1.29, 1.82) is 0 Å². The van der Waals surface area contributed by atoms with E-state index in [-0.39, 0.29) is 24.0 Å². The van der Waals surface area contributed by atoms with E-state index in [4.69, 9.17) is 16.7 Å². The number of hydrogen-bond donors (Lipinski definition) is 1. The fourth-order valence-electron chi connectivity index (χ4n) is 2.80. The Balaban J connectivity index is 1.78. The Hall–Kier alpha value is -3.33. The molecule has 0 saturated carbocycles. The quantitative estimate of drug-likeness (QED) is 0.559. The van der Waals surface area contributed by atoms with Crippen molar-refractivity contribution in [3.8, 4) is 11.1 Å². The molecule has 1 N–H and O–H groups in total. The third-order valence-electron chi connectivity index (χ3n) is 4.13. The van der Waals surface area contributed by atoms with E-state index in [9.17, 15) is 9.59 Å². The number of nitrogens with zero attached hydrogens (tertiary/aromatic N) is 6. The van der Waals surface area contributed by atoms with Gasteiger partial charge in [-0.3, -0.25) is 14.2 Å². The average Bonchev–Trinajstić information content (AvgIpc) is 3.08. The lowest BCUT2D eigenvalue weighted by molar-refractivity contribution is -0.137. The Labute approximate surface area is 156 Å². The lowest BCUT2D eigenvalue weighted by atomic mass is 10.1. The third-order valence-corrected chi connectivity index (χ3v) is 4.38. The Kier molecular flexibility index (Phi) is 4.28. The van der Waals surface area contributed by atoms with Gasteiger partial charge in [-0.1, -0.05) is 23.7 Å². The second-order valence-corrected chi connectivity index (χ2v) is 6.35. The van der Waals surface area contributed by atoms with Crippen LogP contribution in [0.1, 0.15) is 12.8 Å². The van der Waals surface area contributed by atoms with E-state index in [0.29, 0.717) is 22.7 Å². The Morgan fingerprint density at radius 2 is 1.93 bits per heavy atom. The number of aliphatic carboxylic acids is 1. The second kappa shape index (κ2) is 6.76. The van der Waals surface area contributed by atoms with E-state index >= 15 is 0 Å². The minimum absolute atomic E-state index is 0.0290. The van der Waals surface area contributed by atoms with Crippen molar-refractivity contribution >= 4 is 34.4 Å². The zero-order valence-corrected chi connectivity index (χ0v) is 14.7. The highest BCUT2D eigenvalue weighted by Gasteiger charge is 2.15. The topological polar surface area (TPSA) is 115 Å². The molecular weight excluding hydrogens is 372 g/mol. The number of carboxylic acids is 1. The van der Waals surface area contributed by atoms with E-state index in [1.54, 1.807) is 18.3 Å². The van der Waals surface area contributed by atoms with Crippen LogP contribution in [-0.4, -0.2) is 40.4 Å². The molecule has 0 saturated heterocycles. The Morgan fingerprint density at radius 3 is 2.67 bits per heavy atom. The van der Waals surface area contributed by atoms with Gasteiger partial charge in [0, 0.05) is 23.6 Å². The van der Waals surface area contributed by atoms with Crippen LogP contribution in [-0.2, 0) is 11.3 Å². The van der Waals surface area contributed by atoms with Crippen molar-refractivity contribution in [3.05, 3.63) is 52.2 Å². The van der Waals surface area contributed by atoms with Gasteiger partial charge < -0.3 is 5.11 Å². The third kappa shape index (κ3) is 3.13. The first-order valence-electron chi connectivity index (χ1n) is 8.12. The number of aryl methyl sites for hydroxylation is 1. The summed E-state index contributed by atoms with van der Waals surface area (Å²) in [4.78, 5) is 27.5. The molecule has 4 aromatic rings. The standard InChI is InChI=1S/C17H13ClN6O3/c18-11-5-3-10(4-6-11)12-8-20-24-15(12)22-21-14-16(24)19-9-23(17(14)27)7-1-2-13(25)26/h3-6,8-9H,1-2,7H2,(H,25,26). The van der Waals surface area contributed by atoms with Gasteiger partial charge in [0.15, 0.2) is 16.8 Å². The number of aromatic nitrogens is 6. The van der Waals surface area contributed by atoms with Gasteiger partial charge in [0.05, 0.1) is 6.20 Å². The molecule has 0 fully saturated rings. The highest BCUT2D eigenvalue weighted by molar-refractivity contribution is 6.30. The Morgan fingerprint density at radius 1 is 1.15 bits per heavy atom. The second-order valence-electron chi connectivity index (χ2n) is 5.91. The van der Waals surface area contributed by atoms with Crippen LogP contribution in [0.4, 0.5) is 0 Å². The fourth-order valence-corrected chi connectivity index (χ4v) is 2.92. The molecule has 136 valence electrons. The molecule has 0 unspecified atom stereocenters. The number of hydrogen-bond acceptors (Lipinski definition) is 6. The maximum atomic E-state index is 12.6. The van der Waals surface area contributed by atoms with Gasteiger partial charge in [-0.2, -0.15) is 9.61 Å². The molecule has 0 aliphatic carbocycles. The smallest absolute Gasteiger partial charge is 0.303 e. The van der Waals surface area contributed by atoms with Crippen LogP contribution in [0.5, 0.6) is 0 Å². The van der Waals surface area contributed by atoms with Crippen LogP contribution in [0.3, 0.4) is 0 Å². The molecule has 0 spiro atoms. The van der Waals surface area contributed by atoms with Crippen LogP contribution >= 0.6 is 11.6 Å². The zero-order valence-electron chi connectivity index (χ0n) is 13.9. The molecule has 0 aliphatic heterocycles. The molecule has 4 rings (SSSR count). The number of carbonyl (C=O) groups is 1. The average molecular weight is 385 g/mol. The van der Waals surface area contributed by atoms with Crippen molar-refractivity contribution in [2.45, 2.75) is 19.4 Å². The van der Waals surface area contributed by atoms with Gasteiger partial charge in [0.1, 0.15) is 6.33 Å². The first kappa shape index (κ1) is 17.1. The largest absolute Gasteiger partial charge is 0.481 e. The Bertz CT molecular complexity index is 1220. The van der Waals surface area contributed by atoms with E-state index in [2.05, 4.69) is 20.3 Å². The normalized spacial score (nSPS) is 11.3. The van der Waals surface area contributed by atoms with Crippen LogP contribution in [0, 0.1) is 0 Å². The highest BCUT2D eigenvalue weighted by Crippen LogP contribution is 2.25. The van der Waals surface area contributed by atoms with Gasteiger partial charge >= 0.3 is 5.97 Å². The van der Waals surface area contributed by atoms with Gasteiger partial charge in [0.25, 0.3) is 5.56 Å². The number of carboxylic acid groups (broad SMARTS) is 1. The molecule has 3 aromatic heterocycles. The molecule has 0 atom stereocenters. The summed E-state index contributed by atoms with van der Waals surface area (Å²) in [5, 5.41) is 21.8. The van der Waals surface area contributed by atoms with Crippen molar-refractivity contribution in [2.24, 2.45) is 0 Å². The van der Waals surface area contributed by atoms with Crippen LogP contribution in [0.25, 0.3) is 27.9 Å². The van der Waals surface area contributed by atoms with Crippen LogP contribution in [0.2, 0.25) is 5.02 Å². The number of halogens is 1. The minimum Gasteiger partial charge on any atom is -0.481 e. The first-order valence-corrected chi connectivity index (χ1v) is 8.49. The van der Waals surface area contributed by atoms with Crippen LogP contribution < -0.4 is 5.56 Å². The summed E-state index contributed by atoms with van der Waals surface area (Å²) >= 11 is 5.93. The number of fused-ring (bicyclic) bond motifs is 3. The summed E-state index contributed by atoms with van der Waals surface area (Å²) in [5.41, 5.74) is 2.06. The summed E-state index contributed by atoms with van der Waals surface area (Å²) in [6.45, 7) is 0.239. The maximum absolute atomic E-state index is 12.6. The van der Waals surface area contributed by atoms with Crippen molar-refractivity contribution in [3.63, 3.8) is 0 Å². The molecule has 0 amide bonds. The first-order chi connectivity index (χ1) is 13.0. The van der Waals surface area contributed by atoms with Crippen molar-refractivity contribution in [1.82, 2.24) is 29.4 Å². The van der Waals surface area contributed by atoms with Crippen LogP contribution in [0.15, 0.2) is 41.6 Å². The van der Waals surface area contributed by atoms with Crippen molar-refractivity contribution < 1.29 is 9.90 Å². The van der Waals surface area contributed by atoms with Gasteiger partial charge in [-0.05, 0) is 24.1 Å². The number of rotatable bonds is 5. The molecule has 0 aliphatic rings. The van der Waals surface area contributed by atoms with E-state index in [1.165, 1.54) is 15.4 Å². The monoisotopic (exact) mass is 384 g/mol. The maximum Gasteiger partial charge on any atom is 0.303 e. The molecule has 27 heavy (non-hydrogen) atoms. The summed E-state index contributed by atoms with van der Waals surface area (Å²) in [5.74, 6) is -0.912. The molecule has 1 aromatic carbocycles. The predicted octanol–water partition coefficient (Wildman–Crippen LogP) is 2.02. The zero-order chi connectivity index (χ0) is 19.0. The van der Waals surface area contributed by atoms with Gasteiger partial charge in [-0.15, -0.1) is 10.2 Å². The lowest BCUT2D eigenvalue weighted by Crippen LogP contribution is -2.23. The number of benzene rings is 1. The SMILES string of the molecule is O=C(O)CCCn1cnc2c(nnc3c(-c4ccc(Cl)cc4)cnn32)c1=O. The molecular formula is C17H13ClN6O3.